The number of nitro benzene ring substituents is 2. The number of piperazine rings is 1. The van der Waals surface area contributed by atoms with Crippen LogP contribution < -0.4 is 5.43 Å². The van der Waals surface area contributed by atoms with Crippen molar-refractivity contribution < 1.29 is 23.9 Å². The third-order valence-corrected chi connectivity index (χ3v) is 7.31. The van der Waals surface area contributed by atoms with Crippen molar-refractivity contribution in [2.75, 3.05) is 26.2 Å². The first-order valence-corrected chi connectivity index (χ1v) is 12.9. The number of nitrogens with zero attached hydrogens (tertiary/aromatic N) is 5. The van der Waals surface area contributed by atoms with Gasteiger partial charge in [-0.3, -0.25) is 34.6 Å². The molecule has 5 aromatic rings. The van der Waals surface area contributed by atoms with E-state index < -0.39 is 27.1 Å². The molecule has 1 saturated heterocycles. The normalized spacial score (nSPS) is 13.4. The van der Waals surface area contributed by atoms with Crippen molar-refractivity contribution >= 4 is 45.1 Å². The predicted molar refractivity (Wildman–Crippen MR) is 151 cm³/mol. The maximum absolute atomic E-state index is 13.7. The van der Waals surface area contributed by atoms with Gasteiger partial charge in [0.25, 0.3) is 23.2 Å². The number of carbonyl (C=O) groups excluding carboxylic acids is 2. The average Bonchev–Trinajstić information content (AvgIpc) is 3.40. The van der Waals surface area contributed by atoms with E-state index in [-0.39, 0.29) is 48.7 Å². The topological polar surface area (TPSA) is 162 Å². The fraction of sp³-hybridized carbons (Fsp3) is 0.138. The second-order valence-electron chi connectivity index (χ2n) is 9.71. The van der Waals surface area contributed by atoms with Crippen molar-refractivity contribution in [2.45, 2.75) is 0 Å². The zero-order chi connectivity index (χ0) is 29.5. The molecule has 42 heavy (non-hydrogen) atoms. The van der Waals surface area contributed by atoms with Crippen molar-refractivity contribution in [1.82, 2.24) is 14.4 Å². The molecule has 1 aliphatic heterocycles. The molecule has 0 N–H and O–H groups in total. The van der Waals surface area contributed by atoms with Crippen molar-refractivity contribution in [1.29, 1.82) is 0 Å². The Kier molecular flexibility index (Phi) is 6.46. The molecule has 1 aliphatic rings. The van der Waals surface area contributed by atoms with Gasteiger partial charge in [-0.15, -0.1) is 0 Å². The van der Waals surface area contributed by atoms with Gasteiger partial charge >= 0.3 is 0 Å². The van der Waals surface area contributed by atoms with Crippen LogP contribution in [0.2, 0.25) is 0 Å². The van der Waals surface area contributed by atoms with Crippen LogP contribution in [0.1, 0.15) is 20.7 Å². The van der Waals surface area contributed by atoms with Gasteiger partial charge in [0.2, 0.25) is 5.43 Å². The third kappa shape index (κ3) is 4.52. The number of para-hydroxylation sites is 1. The van der Waals surface area contributed by atoms with Crippen molar-refractivity contribution in [3.63, 3.8) is 0 Å². The van der Waals surface area contributed by atoms with Gasteiger partial charge in [-0.2, -0.15) is 0 Å². The van der Waals surface area contributed by atoms with Crippen LogP contribution in [-0.4, -0.2) is 62.2 Å². The SMILES string of the molecule is O=C(c1coc2ccccc2c1=O)N1CCN(C(=O)c2cn(-c3cccc([N+](=O)[O-])c3)c3ccc([N+](=O)[O-])cc23)CC1. The van der Waals surface area contributed by atoms with Crippen LogP contribution in [0.25, 0.3) is 27.6 Å². The van der Waals surface area contributed by atoms with Gasteiger partial charge in [0.1, 0.15) is 17.4 Å². The predicted octanol–water partition coefficient (Wildman–Crippen LogP) is 4.15. The second-order valence-corrected chi connectivity index (χ2v) is 9.71. The minimum atomic E-state index is -0.563. The van der Waals surface area contributed by atoms with Gasteiger partial charge in [0.15, 0.2) is 0 Å². The lowest BCUT2D eigenvalue weighted by atomic mass is 10.1. The lowest BCUT2D eigenvalue weighted by Crippen LogP contribution is -2.51. The monoisotopic (exact) mass is 567 g/mol. The molecule has 0 saturated carbocycles. The van der Waals surface area contributed by atoms with Crippen LogP contribution in [0.15, 0.2) is 88.4 Å². The smallest absolute Gasteiger partial charge is 0.271 e. The van der Waals surface area contributed by atoms with Crippen LogP contribution in [0.4, 0.5) is 11.4 Å². The summed E-state index contributed by atoms with van der Waals surface area (Å²) in [5.41, 5.74) is 0.530. The summed E-state index contributed by atoms with van der Waals surface area (Å²) in [5, 5.41) is 23.4. The molecular formula is C29H21N5O8. The Bertz CT molecular complexity index is 1990. The number of hydrogen-bond acceptors (Lipinski definition) is 8. The molecule has 6 rings (SSSR count). The molecule has 0 spiro atoms. The number of rotatable bonds is 5. The van der Waals surface area contributed by atoms with E-state index in [0.29, 0.717) is 27.6 Å². The highest BCUT2D eigenvalue weighted by Crippen LogP contribution is 2.31. The largest absolute Gasteiger partial charge is 0.463 e. The van der Waals surface area contributed by atoms with E-state index in [1.165, 1.54) is 52.4 Å². The van der Waals surface area contributed by atoms with E-state index >= 15 is 0 Å². The first-order chi connectivity index (χ1) is 20.2. The Hall–Kier alpha value is -5.85. The minimum Gasteiger partial charge on any atom is -0.463 e. The van der Waals surface area contributed by atoms with Gasteiger partial charge < -0.3 is 18.8 Å². The lowest BCUT2D eigenvalue weighted by Gasteiger charge is -2.34. The fourth-order valence-corrected chi connectivity index (χ4v) is 5.15. The highest BCUT2D eigenvalue weighted by atomic mass is 16.6. The number of aromatic nitrogens is 1. The number of nitro groups is 2. The molecule has 3 aromatic carbocycles. The number of fused-ring (bicyclic) bond motifs is 2. The third-order valence-electron chi connectivity index (χ3n) is 7.31. The Morgan fingerprint density at radius 3 is 2.07 bits per heavy atom. The van der Waals surface area contributed by atoms with Crippen molar-refractivity contribution in [3.8, 4) is 5.69 Å². The van der Waals surface area contributed by atoms with E-state index in [1.54, 1.807) is 34.9 Å². The summed E-state index contributed by atoms with van der Waals surface area (Å²) in [4.78, 5) is 64.5. The van der Waals surface area contributed by atoms with Gasteiger partial charge in [-0.1, -0.05) is 18.2 Å². The molecule has 1 fully saturated rings. The van der Waals surface area contributed by atoms with Crippen LogP contribution in [0.5, 0.6) is 0 Å². The second kappa shape index (κ2) is 10.3. The summed E-state index contributed by atoms with van der Waals surface area (Å²) in [6.07, 6.45) is 2.66. The van der Waals surface area contributed by atoms with E-state index in [2.05, 4.69) is 0 Å². The molecule has 0 bridgehead atoms. The zero-order valence-electron chi connectivity index (χ0n) is 21.8. The number of carbonyl (C=O) groups is 2. The summed E-state index contributed by atoms with van der Waals surface area (Å²) in [5.74, 6) is -0.915. The standard InChI is InChI=1S/C29H21N5O8/c35-27-21-6-1-2-7-26(21)42-17-24(27)29(37)31-12-10-30(11-13-31)28(36)23-16-32(18-4-3-5-19(14-18)33(38)39)25-9-8-20(34(40)41)15-22(23)25/h1-9,14-17H,10-13H2. The molecular weight excluding hydrogens is 546 g/mol. The van der Waals surface area contributed by atoms with Crippen LogP contribution in [0, 0.1) is 20.2 Å². The summed E-state index contributed by atoms with van der Waals surface area (Å²) < 4.78 is 7.06. The molecule has 3 heterocycles. The molecule has 0 atom stereocenters. The number of non-ortho nitro benzene ring substituents is 2. The number of benzene rings is 3. The quantitative estimate of drug-likeness (QED) is 0.226. The van der Waals surface area contributed by atoms with Crippen LogP contribution in [-0.2, 0) is 0 Å². The van der Waals surface area contributed by atoms with E-state index in [0.717, 1.165) is 6.26 Å². The number of hydrogen-bond donors (Lipinski definition) is 0. The highest BCUT2D eigenvalue weighted by Gasteiger charge is 2.29. The molecule has 0 unspecified atom stereocenters. The number of amides is 2. The molecule has 210 valence electrons. The first-order valence-electron chi connectivity index (χ1n) is 12.9. The van der Waals surface area contributed by atoms with E-state index in [1.807, 2.05) is 0 Å². The Morgan fingerprint density at radius 2 is 1.38 bits per heavy atom. The average molecular weight is 568 g/mol. The Balaban J connectivity index is 1.29. The lowest BCUT2D eigenvalue weighted by molar-refractivity contribution is -0.385. The van der Waals surface area contributed by atoms with Gasteiger partial charge in [-0.25, -0.2) is 0 Å². The van der Waals surface area contributed by atoms with Crippen molar-refractivity contribution in [2.24, 2.45) is 0 Å². The summed E-state index contributed by atoms with van der Waals surface area (Å²) >= 11 is 0. The maximum Gasteiger partial charge on any atom is 0.271 e. The Morgan fingerprint density at radius 1 is 0.738 bits per heavy atom. The fourth-order valence-electron chi connectivity index (χ4n) is 5.15. The first kappa shape index (κ1) is 26.4. The zero-order valence-corrected chi connectivity index (χ0v) is 21.8. The van der Waals surface area contributed by atoms with Crippen LogP contribution >= 0.6 is 0 Å². The molecule has 13 heteroatoms. The van der Waals surface area contributed by atoms with Crippen molar-refractivity contribution in [3.05, 3.63) is 121 Å². The minimum absolute atomic E-state index is 0.0965. The van der Waals surface area contributed by atoms with Crippen LogP contribution in [0.3, 0.4) is 0 Å². The van der Waals surface area contributed by atoms with Gasteiger partial charge in [0.05, 0.1) is 32.0 Å². The molecule has 13 nitrogen and oxygen atoms in total. The highest BCUT2D eigenvalue weighted by molar-refractivity contribution is 6.08. The van der Waals surface area contributed by atoms with Gasteiger partial charge in [-0.05, 0) is 24.3 Å². The summed E-state index contributed by atoms with van der Waals surface area (Å²) in [6, 6.07) is 16.6. The van der Waals surface area contributed by atoms with E-state index in [4.69, 9.17) is 4.42 Å². The summed E-state index contributed by atoms with van der Waals surface area (Å²) in [6.45, 7) is 0.616. The molecule has 0 radical (unpaired) electrons. The molecule has 2 amide bonds. The molecule has 0 aliphatic carbocycles. The maximum atomic E-state index is 13.7. The van der Waals surface area contributed by atoms with Gasteiger partial charge in [0, 0.05) is 62.0 Å². The van der Waals surface area contributed by atoms with E-state index in [9.17, 15) is 34.6 Å². The Labute approximate surface area is 236 Å². The summed E-state index contributed by atoms with van der Waals surface area (Å²) in [7, 11) is 0. The molecule has 2 aromatic heterocycles.